The second-order valence-electron chi connectivity index (χ2n) is 7.63. The van der Waals surface area contributed by atoms with E-state index in [-0.39, 0.29) is 11.2 Å². The Morgan fingerprint density at radius 2 is 1.81 bits per heavy atom. The van der Waals surface area contributed by atoms with Crippen LogP contribution in [0.2, 0.25) is 0 Å². The SMILES string of the molecule is CCCN(CCCc1cc(=O)n(C)c(=O)n1C)CCOc1ccc(-n2ccnc2)cc1. The van der Waals surface area contributed by atoms with Gasteiger partial charge in [-0.15, -0.1) is 0 Å². The van der Waals surface area contributed by atoms with Gasteiger partial charge in [0.2, 0.25) is 0 Å². The van der Waals surface area contributed by atoms with Crippen molar-refractivity contribution >= 4 is 0 Å². The van der Waals surface area contributed by atoms with Gasteiger partial charge < -0.3 is 13.9 Å². The number of imidazole rings is 1. The molecule has 0 N–H and O–H groups in total. The molecule has 8 nitrogen and oxygen atoms in total. The molecule has 0 saturated carbocycles. The van der Waals surface area contributed by atoms with Crippen molar-refractivity contribution in [2.45, 2.75) is 26.2 Å². The van der Waals surface area contributed by atoms with Crippen LogP contribution in [-0.2, 0) is 20.5 Å². The summed E-state index contributed by atoms with van der Waals surface area (Å²) in [6.45, 7) is 5.47. The molecule has 0 spiro atoms. The van der Waals surface area contributed by atoms with Crippen LogP contribution < -0.4 is 16.0 Å². The normalized spacial score (nSPS) is 11.2. The zero-order chi connectivity index (χ0) is 22.2. The number of benzene rings is 1. The number of aryl methyl sites for hydroxylation is 1. The molecule has 3 rings (SSSR count). The molecule has 0 aliphatic heterocycles. The zero-order valence-corrected chi connectivity index (χ0v) is 18.5. The molecular formula is C23H31N5O3. The highest BCUT2D eigenvalue weighted by Gasteiger charge is 2.08. The van der Waals surface area contributed by atoms with Crippen LogP contribution >= 0.6 is 0 Å². The molecule has 0 aliphatic carbocycles. The van der Waals surface area contributed by atoms with Crippen molar-refractivity contribution in [3.05, 3.63) is 75.6 Å². The van der Waals surface area contributed by atoms with E-state index in [0.717, 1.165) is 54.2 Å². The summed E-state index contributed by atoms with van der Waals surface area (Å²) in [4.78, 5) is 30.4. The van der Waals surface area contributed by atoms with E-state index >= 15 is 0 Å². The monoisotopic (exact) mass is 425 g/mol. The maximum atomic E-state index is 12.1. The topological polar surface area (TPSA) is 74.3 Å². The van der Waals surface area contributed by atoms with E-state index in [1.54, 1.807) is 30.2 Å². The third-order valence-corrected chi connectivity index (χ3v) is 5.39. The van der Waals surface area contributed by atoms with Gasteiger partial charge in [-0.05, 0) is 56.6 Å². The first-order valence-electron chi connectivity index (χ1n) is 10.7. The fourth-order valence-electron chi connectivity index (χ4n) is 3.57. The molecule has 0 atom stereocenters. The molecule has 0 unspecified atom stereocenters. The molecule has 3 aromatic rings. The molecule has 1 aromatic carbocycles. The lowest BCUT2D eigenvalue weighted by Crippen LogP contribution is -2.38. The number of rotatable bonds is 11. The highest BCUT2D eigenvalue weighted by atomic mass is 16.5. The summed E-state index contributed by atoms with van der Waals surface area (Å²) in [5.74, 6) is 0.843. The van der Waals surface area contributed by atoms with Crippen molar-refractivity contribution in [2.75, 3.05) is 26.2 Å². The first-order valence-corrected chi connectivity index (χ1v) is 10.7. The first kappa shape index (κ1) is 22.6. The van der Waals surface area contributed by atoms with Crippen molar-refractivity contribution in [2.24, 2.45) is 14.1 Å². The van der Waals surface area contributed by atoms with Gasteiger partial charge in [-0.1, -0.05) is 6.92 Å². The zero-order valence-electron chi connectivity index (χ0n) is 18.5. The molecule has 2 aromatic heterocycles. The molecule has 0 radical (unpaired) electrons. The Hall–Kier alpha value is -3.13. The molecular weight excluding hydrogens is 394 g/mol. The number of hydrogen-bond donors (Lipinski definition) is 0. The van der Waals surface area contributed by atoms with Crippen molar-refractivity contribution in [1.29, 1.82) is 0 Å². The molecule has 2 heterocycles. The van der Waals surface area contributed by atoms with Gasteiger partial charge in [0.15, 0.2) is 0 Å². The minimum atomic E-state index is -0.277. The molecule has 0 aliphatic rings. The summed E-state index contributed by atoms with van der Waals surface area (Å²) < 4.78 is 10.6. The summed E-state index contributed by atoms with van der Waals surface area (Å²) in [6, 6.07) is 9.51. The highest BCUT2D eigenvalue weighted by molar-refractivity contribution is 5.37. The molecule has 0 saturated heterocycles. The van der Waals surface area contributed by atoms with Gasteiger partial charge in [0.25, 0.3) is 5.56 Å². The lowest BCUT2D eigenvalue weighted by atomic mass is 10.2. The quantitative estimate of drug-likeness (QED) is 0.470. The van der Waals surface area contributed by atoms with Crippen LogP contribution in [-0.4, -0.2) is 49.8 Å². The Morgan fingerprint density at radius 3 is 2.48 bits per heavy atom. The van der Waals surface area contributed by atoms with Crippen LogP contribution in [0.1, 0.15) is 25.5 Å². The Kier molecular flexibility index (Phi) is 7.83. The van der Waals surface area contributed by atoms with E-state index in [9.17, 15) is 9.59 Å². The third kappa shape index (κ3) is 5.95. The molecule has 166 valence electrons. The van der Waals surface area contributed by atoms with Crippen molar-refractivity contribution in [3.8, 4) is 11.4 Å². The lowest BCUT2D eigenvalue weighted by molar-refractivity contribution is 0.207. The molecule has 0 bridgehead atoms. The van der Waals surface area contributed by atoms with E-state index < -0.39 is 0 Å². The summed E-state index contributed by atoms with van der Waals surface area (Å²) in [5.41, 5.74) is 1.29. The van der Waals surface area contributed by atoms with Gasteiger partial charge in [-0.3, -0.25) is 14.3 Å². The van der Waals surface area contributed by atoms with E-state index in [4.69, 9.17) is 4.74 Å². The number of ether oxygens (including phenoxy) is 1. The smallest absolute Gasteiger partial charge is 0.330 e. The molecule has 31 heavy (non-hydrogen) atoms. The Labute approximate surface area is 182 Å². The average Bonchev–Trinajstić information content (AvgIpc) is 3.31. The largest absolute Gasteiger partial charge is 0.492 e. The minimum absolute atomic E-state index is 0.254. The van der Waals surface area contributed by atoms with Gasteiger partial charge >= 0.3 is 5.69 Å². The summed E-state index contributed by atoms with van der Waals surface area (Å²) in [6.07, 6.45) is 8.06. The second-order valence-corrected chi connectivity index (χ2v) is 7.63. The van der Waals surface area contributed by atoms with Gasteiger partial charge in [0, 0.05) is 50.5 Å². The van der Waals surface area contributed by atoms with Crippen LogP contribution in [0.25, 0.3) is 5.69 Å². The van der Waals surface area contributed by atoms with Crippen LogP contribution in [0.15, 0.2) is 58.6 Å². The van der Waals surface area contributed by atoms with Crippen molar-refractivity contribution in [3.63, 3.8) is 0 Å². The maximum absolute atomic E-state index is 12.1. The van der Waals surface area contributed by atoms with Gasteiger partial charge in [-0.2, -0.15) is 0 Å². The molecule has 8 heteroatoms. The van der Waals surface area contributed by atoms with Crippen LogP contribution in [0, 0.1) is 0 Å². The minimum Gasteiger partial charge on any atom is -0.492 e. The third-order valence-electron chi connectivity index (χ3n) is 5.39. The first-order chi connectivity index (χ1) is 15.0. The standard InChI is InChI=1S/C23H31N5O3/c1-4-12-27(13-5-6-20-17-22(29)26(3)23(30)25(20)2)15-16-31-21-9-7-19(8-10-21)28-14-11-24-18-28/h7-11,14,17-18H,4-6,12-13,15-16H2,1-3H3. The summed E-state index contributed by atoms with van der Waals surface area (Å²) in [7, 11) is 3.22. The fraction of sp³-hybridized carbons (Fsp3) is 0.435. The highest BCUT2D eigenvalue weighted by Crippen LogP contribution is 2.15. The predicted octanol–water partition coefficient (Wildman–Crippen LogP) is 1.99. The molecule has 0 fully saturated rings. The van der Waals surface area contributed by atoms with E-state index in [0.29, 0.717) is 13.0 Å². The van der Waals surface area contributed by atoms with Crippen LogP contribution in [0.5, 0.6) is 5.75 Å². The van der Waals surface area contributed by atoms with Crippen LogP contribution in [0.4, 0.5) is 0 Å². The average molecular weight is 426 g/mol. The fourth-order valence-corrected chi connectivity index (χ4v) is 3.57. The van der Waals surface area contributed by atoms with E-state index in [2.05, 4.69) is 16.8 Å². The van der Waals surface area contributed by atoms with E-state index in [1.807, 2.05) is 35.0 Å². The maximum Gasteiger partial charge on any atom is 0.330 e. The Morgan fingerprint density at radius 1 is 1.03 bits per heavy atom. The number of nitrogens with zero attached hydrogens (tertiary/aromatic N) is 5. The van der Waals surface area contributed by atoms with E-state index in [1.165, 1.54) is 7.05 Å². The summed E-state index contributed by atoms with van der Waals surface area (Å²) >= 11 is 0. The Bertz CT molecular complexity index is 1070. The number of hydrogen-bond acceptors (Lipinski definition) is 5. The van der Waals surface area contributed by atoms with Crippen molar-refractivity contribution in [1.82, 2.24) is 23.6 Å². The van der Waals surface area contributed by atoms with Crippen LogP contribution in [0.3, 0.4) is 0 Å². The van der Waals surface area contributed by atoms with Gasteiger partial charge in [-0.25, -0.2) is 9.78 Å². The molecule has 0 amide bonds. The Balaban J connectivity index is 1.48. The van der Waals surface area contributed by atoms with Gasteiger partial charge in [0.1, 0.15) is 12.4 Å². The predicted molar refractivity (Wildman–Crippen MR) is 121 cm³/mol. The number of aromatic nitrogens is 4. The second kappa shape index (κ2) is 10.8. The van der Waals surface area contributed by atoms with Crippen molar-refractivity contribution < 1.29 is 4.74 Å². The summed E-state index contributed by atoms with van der Waals surface area (Å²) in [5, 5.41) is 0. The van der Waals surface area contributed by atoms with Gasteiger partial charge in [0.05, 0.1) is 6.33 Å². The lowest BCUT2D eigenvalue weighted by Gasteiger charge is -2.22.